The van der Waals surface area contributed by atoms with Crippen LogP contribution < -0.4 is 11.1 Å². The van der Waals surface area contributed by atoms with E-state index in [1.165, 1.54) is 0 Å². The fraction of sp³-hybridized carbons (Fsp3) is 0.909. The topological polar surface area (TPSA) is 64.3 Å². The molecule has 0 aromatic carbocycles. The van der Waals surface area contributed by atoms with Gasteiger partial charge in [-0.25, -0.2) is 0 Å². The van der Waals surface area contributed by atoms with E-state index >= 15 is 0 Å². The highest BCUT2D eigenvalue weighted by Crippen LogP contribution is 2.02. The van der Waals surface area contributed by atoms with Gasteiger partial charge < -0.3 is 15.8 Å². The lowest BCUT2D eigenvalue weighted by atomic mass is 10.0. The monoisotopic (exact) mass is 216 g/mol. The normalized spacial score (nSPS) is 12.9. The second-order valence-corrected chi connectivity index (χ2v) is 4.01. The number of nitrogens with one attached hydrogen (secondary N) is 1. The number of nitrogens with two attached hydrogens (primary N) is 1. The van der Waals surface area contributed by atoms with Crippen LogP contribution in [0, 0.1) is 5.92 Å². The molecule has 1 atom stereocenters. The Balaban J connectivity index is 3.41. The summed E-state index contributed by atoms with van der Waals surface area (Å²) in [4.78, 5) is 11.4. The molecule has 0 rings (SSSR count). The molecule has 0 saturated heterocycles. The van der Waals surface area contributed by atoms with Crippen molar-refractivity contribution in [1.29, 1.82) is 0 Å². The molecule has 0 saturated carbocycles. The third-order valence-electron chi connectivity index (χ3n) is 2.27. The zero-order chi connectivity index (χ0) is 11.7. The Morgan fingerprint density at radius 2 is 2.13 bits per heavy atom. The standard InChI is InChI=1S/C11H24N2O2/c1-4-15-7-5-6-13-11(14)8-10(12)9(2)3/h9-10H,4-8,12H2,1-3H3,(H,13,14). The maximum Gasteiger partial charge on any atom is 0.221 e. The van der Waals surface area contributed by atoms with E-state index in [-0.39, 0.29) is 11.9 Å². The average Bonchev–Trinajstić information content (AvgIpc) is 2.17. The maximum absolute atomic E-state index is 11.4. The summed E-state index contributed by atoms with van der Waals surface area (Å²) in [5.41, 5.74) is 5.78. The van der Waals surface area contributed by atoms with E-state index in [0.29, 0.717) is 25.5 Å². The third kappa shape index (κ3) is 8.39. The second kappa shape index (κ2) is 8.68. The quantitative estimate of drug-likeness (QED) is 0.593. The Morgan fingerprint density at radius 1 is 1.47 bits per heavy atom. The zero-order valence-corrected chi connectivity index (χ0v) is 10.1. The second-order valence-electron chi connectivity index (χ2n) is 4.01. The van der Waals surface area contributed by atoms with Crippen molar-refractivity contribution in [1.82, 2.24) is 5.32 Å². The molecule has 3 N–H and O–H groups in total. The molecule has 0 aliphatic rings. The Labute approximate surface area is 92.6 Å². The molecular formula is C11H24N2O2. The lowest BCUT2D eigenvalue weighted by Crippen LogP contribution is -2.35. The molecule has 1 unspecified atom stereocenters. The molecule has 0 aromatic rings. The van der Waals surface area contributed by atoms with E-state index < -0.39 is 0 Å². The van der Waals surface area contributed by atoms with E-state index in [1.54, 1.807) is 0 Å². The fourth-order valence-electron chi connectivity index (χ4n) is 1.07. The Hall–Kier alpha value is -0.610. The average molecular weight is 216 g/mol. The molecule has 0 aromatic heterocycles. The van der Waals surface area contributed by atoms with Crippen molar-refractivity contribution in [3.05, 3.63) is 0 Å². The number of hydrogen-bond acceptors (Lipinski definition) is 3. The van der Waals surface area contributed by atoms with E-state index in [1.807, 2.05) is 20.8 Å². The first-order valence-corrected chi connectivity index (χ1v) is 5.68. The van der Waals surface area contributed by atoms with Crippen LogP contribution in [0.25, 0.3) is 0 Å². The van der Waals surface area contributed by atoms with Crippen LogP contribution in [0.4, 0.5) is 0 Å². The van der Waals surface area contributed by atoms with Gasteiger partial charge in [0.15, 0.2) is 0 Å². The Morgan fingerprint density at radius 3 is 2.67 bits per heavy atom. The summed E-state index contributed by atoms with van der Waals surface area (Å²) < 4.78 is 5.16. The van der Waals surface area contributed by atoms with Crippen molar-refractivity contribution < 1.29 is 9.53 Å². The van der Waals surface area contributed by atoms with Gasteiger partial charge in [0.25, 0.3) is 0 Å². The highest BCUT2D eigenvalue weighted by atomic mass is 16.5. The van der Waals surface area contributed by atoms with Crippen LogP contribution in [0.5, 0.6) is 0 Å². The smallest absolute Gasteiger partial charge is 0.221 e. The van der Waals surface area contributed by atoms with Gasteiger partial charge in [-0.3, -0.25) is 4.79 Å². The first-order valence-electron chi connectivity index (χ1n) is 5.68. The van der Waals surface area contributed by atoms with Crippen molar-refractivity contribution >= 4 is 5.91 Å². The summed E-state index contributed by atoms with van der Waals surface area (Å²) in [6.45, 7) is 8.10. The van der Waals surface area contributed by atoms with E-state index in [9.17, 15) is 4.79 Å². The maximum atomic E-state index is 11.4. The van der Waals surface area contributed by atoms with Gasteiger partial charge in [0.05, 0.1) is 0 Å². The molecule has 90 valence electrons. The molecular weight excluding hydrogens is 192 g/mol. The molecule has 0 aliphatic carbocycles. The minimum Gasteiger partial charge on any atom is -0.382 e. The predicted octanol–water partition coefficient (Wildman–Crippen LogP) is 0.903. The molecule has 0 heterocycles. The summed E-state index contributed by atoms with van der Waals surface area (Å²) in [6, 6.07) is -0.0445. The molecule has 0 bridgehead atoms. The molecule has 4 heteroatoms. The molecule has 1 amide bonds. The van der Waals surface area contributed by atoms with E-state index in [4.69, 9.17) is 10.5 Å². The van der Waals surface area contributed by atoms with Crippen LogP contribution in [0.3, 0.4) is 0 Å². The van der Waals surface area contributed by atoms with E-state index in [0.717, 1.165) is 13.0 Å². The van der Waals surface area contributed by atoms with Crippen LogP contribution >= 0.6 is 0 Å². The number of rotatable bonds is 8. The number of carbonyl (C=O) groups is 1. The lowest BCUT2D eigenvalue weighted by Gasteiger charge is -2.14. The number of carbonyl (C=O) groups excluding carboxylic acids is 1. The first kappa shape index (κ1) is 14.4. The number of ether oxygens (including phenoxy) is 1. The molecule has 15 heavy (non-hydrogen) atoms. The Bertz CT molecular complexity index is 172. The van der Waals surface area contributed by atoms with Crippen molar-refractivity contribution in [2.45, 2.75) is 39.7 Å². The SMILES string of the molecule is CCOCCCNC(=O)CC(N)C(C)C. The van der Waals surface area contributed by atoms with Crippen molar-refractivity contribution in [2.24, 2.45) is 11.7 Å². The Kier molecular flexibility index (Phi) is 8.33. The minimum atomic E-state index is -0.0445. The van der Waals surface area contributed by atoms with Crippen LogP contribution in [-0.2, 0) is 9.53 Å². The third-order valence-corrected chi connectivity index (χ3v) is 2.27. The largest absolute Gasteiger partial charge is 0.382 e. The number of amides is 1. The van der Waals surface area contributed by atoms with Gasteiger partial charge in [-0.2, -0.15) is 0 Å². The summed E-state index contributed by atoms with van der Waals surface area (Å²) in [5.74, 6) is 0.381. The van der Waals surface area contributed by atoms with Gasteiger partial charge in [-0.1, -0.05) is 13.8 Å². The molecule has 0 spiro atoms. The van der Waals surface area contributed by atoms with Crippen LogP contribution in [0.2, 0.25) is 0 Å². The zero-order valence-electron chi connectivity index (χ0n) is 10.1. The molecule has 0 aliphatic heterocycles. The van der Waals surface area contributed by atoms with Crippen LogP contribution in [-0.4, -0.2) is 31.7 Å². The van der Waals surface area contributed by atoms with Gasteiger partial charge in [0.1, 0.15) is 0 Å². The van der Waals surface area contributed by atoms with Crippen molar-refractivity contribution in [3.8, 4) is 0 Å². The van der Waals surface area contributed by atoms with Crippen molar-refractivity contribution in [3.63, 3.8) is 0 Å². The minimum absolute atomic E-state index is 0.0349. The first-order chi connectivity index (χ1) is 7.07. The van der Waals surface area contributed by atoms with Gasteiger partial charge in [-0.05, 0) is 19.3 Å². The molecule has 4 nitrogen and oxygen atoms in total. The van der Waals surface area contributed by atoms with Crippen LogP contribution in [0.1, 0.15) is 33.6 Å². The van der Waals surface area contributed by atoms with Gasteiger partial charge in [0.2, 0.25) is 5.91 Å². The van der Waals surface area contributed by atoms with Crippen LogP contribution in [0.15, 0.2) is 0 Å². The highest BCUT2D eigenvalue weighted by Gasteiger charge is 2.11. The lowest BCUT2D eigenvalue weighted by molar-refractivity contribution is -0.121. The van der Waals surface area contributed by atoms with Gasteiger partial charge in [0, 0.05) is 32.2 Å². The van der Waals surface area contributed by atoms with Gasteiger partial charge >= 0.3 is 0 Å². The summed E-state index contributed by atoms with van der Waals surface area (Å²) >= 11 is 0. The molecule has 0 fully saturated rings. The highest BCUT2D eigenvalue weighted by molar-refractivity contribution is 5.76. The summed E-state index contributed by atoms with van der Waals surface area (Å²) in [7, 11) is 0. The van der Waals surface area contributed by atoms with E-state index in [2.05, 4.69) is 5.32 Å². The van der Waals surface area contributed by atoms with Gasteiger partial charge in [-0.15, -0.1) is 0 Å². The molecule has 0 radical (unpaired) electrons. The summed E-state index contributed by atoms with van der Waals surface area (Å²) in [6.07, 6.45) is 1.27. The predicted molar refractivity (Wildman–Crippen MR) is 61.6 cm³/mol. The fourth-order valence-corrected chi connectivity index (χ4v) is 1.07. The van der Waals surface area contributed by atoms with Crippen molar-refractivity contribution in [2.75, 3.05) is 19.8 Å². The summed E-state index contributed by atoms with van der Waals surface area (Å²) in [5, 5.41) is 2.83. The number of hydrogen-bond donors (Lipinski definition) is 2.